The number of hydrogen-bond donors (Lipinski definition) is 0. The van der Waals surface area contributed by atoms with Crippen molar-refractivity contribution in [2.75, 3.05) is 0 Å². The van der Waals surface area contributed by atoms with E-state index in [0.717, 1.165) is 0 Å². The van der Waals surface area contributed by atoms with E-state index in [9.17, 15) is 0 Å². The van der Waals surface area contributed by atoms with Crippen LogP contribution < -0.4 is 0 Å². The van der Waals surface area contributed by atoms with Gasteiger partial charge in [0, 0.05) is 0 Å². The molecule has 0 radical (unpaired) electrons. The van der Waals surface area contributed by atoms with Gasteiger partial charge in [0.25, 0.3) is 0 Å². The summed E-state index contributed by atoms with van der Waals surface area (Å²) in [6, 6.07) is 10.6. The monoisotopic (exact) mass is 208 g/mol. The number of benzene rings is 1. The van der Waals surface area contributed by atoms with E-state index in [-0.39, 0.29) is 0 Å². The summed E-state index contributed by atoms with van der Waals surface area (Å²) in [4.78, 5) is 0. The van der Waals surface area contributed by atoms with Gasteiger partial charge in [-0.2, -0.15) is 0 Å². The van der Waals surface area contributed by atoms with Gasteiger partial charge < -0.3 is 0 Å². The molecule has 0 aliphatic rings. The van der Waals surface area contributed by atoms with Gasteiger partial charge in [0.05, 0.1) is 0 Å². The molecule has 1 rings (SSSR count). The third kappa shape index (κ3) is 1.99. The molecule has 1 aromatic carbocycles. The van der Waals surface area contributed by atoms with Crippen molar-refractivity contribution in [2.24, 2.45) is 0 Å². The quantitative estimate of drug-likeness (QED) is 0.700. The SMILES string of the molecule is CC([CH]=[Zr+2])c1ccccc1. The van der Waals surface area contributed by atoms with Crippen LogP contribution in [0.2, 0.25) is 0 Å². The van der Waals surface area contributed by atoms with Crippen molar-refractivity contribution in [2.45, 2.75) is 12.8 Å². The van der Waals surface area contributed by atoms with Crippen LogP contribution in [0.5, 0.6) is 0 Å². The summed E-state index contributed by atoms with van der Waals surface area (Å²) in [6.45, 7) is 2.23. The van der Waals surface area contributed by atoms with Crippen molar-refractivity contribution in [1.29, 1.82) is 0 Å². The molecule has 0 N–H and O–H groups in total. The zero-order chi connectivity index (χ0) is 7.40. The Morgan fingerprint density at radius 3 is 2.40 bits per heavy atom. The zero-order valence-corrected chi connectivity index (χ0v) is 8.50. The molecule has 10 heavy (non-hydrogen) atoms. The fourth-order valence-corrected chi connectivity index (χ4v) is 1.33. The molecule has 0 aromatic heterocycles. The minimum absolute atomic E-state index is 0.624. The molecule has 0 saturated heterocycles. The van der Waals surface area contributed by atoms with E-state index in [2.05, 4.69) is 41.0 Å². The van der Waals surface area contributed by atoms with Gasteiger partial charge >= 0.3 is 76.7 Å². The second-order valence-electron chi connectivity index (χ2n) is 2.37. The molecule has 1 unspecified atom stereocenters. The van der Waals surface area contributed by atoms with Crippen LogP contribution in [0, 0.1) is 0 Å². The van der Waals surface area contributed by atoms with Crippen LogP contribution in [-0.4, -0.2) is 3.71 Å². The summed E-state index contributed by atoms with van der Waals surface area (Å²) in [6.07, 6.45) is 0. The average Bonchev–Trinajstić information content (AvgIpc) is 2.05. The first-order valence-electron chi connectivity index (χ1n) is 3.40. The first kappa shape index (κ1) is 8.07. The Balaban J connectivity index is 2.84. The Morgan fingerprint density at radius 1 is 1.30 bits per heavy atom. The van der Waals surface area contributed by atoms with Gasteiger partial charge in [-0.3, -0.25) is 0 Å². The molecule has 0 heterocycles. The Morgan fingerprint density at radius 2 is 1.90 bits per heavy atom. The molecule has 0 saturated carbocycles. The standard InChI is InChI=1S/C9H10.Zr/c1-8(2)9-6-4-3-5-7-9;/h1,3-8H,2H3;/q;+2. The minimum atomic E-state index is 0.624. The number of rotatable bonds is 2. The van der Waals surface area contributed by atoms with Crippen LogP contribution in [0.3, 0.4) is 0 Å². The predicted octanol–water partition coefficient (Wildman–Crippen LogP) is 2.14. The number of hydrogen-bond acceptors (Lipinski definition) is 0. The van der Waals surface area contributed by atoms with Crippen molar-refractivity contribution in [3.05, 3.63) is 35.9 Å². The fraction of sp³-hybridized carbons (Fsp3) is 0.222. The molecular formula is C9H10Zr+2. The second-order valence-corrected chi connectivity index (χ2v) is 3.19. The van der Waals surface area contributed by atoms with E-state index in [1.54, 1.807) is 0 Å². The zero-order valence-electron chi connectivity index (χ0n) is 6.04. The molecule has 0 aliphatic carbocycles. The first-order chi connectivity index (χ1) is 4.84. The van der Waals surface area contributed by atoms with E-state index in [1.165, 1.54) is 29.8 Å². The Hall–Kier alpha value is -0.0269. The van der Waals surface area contributed by atoms with Crippen molar-refractivity contribution >= 4 is 3.71 Å². The van der Waals surface area contributed by atoms with Crippen LogP contribution in [-0.2, 0) is 24.2 Å². The predicted molar refractivity (Wildman–Crippen MR) is 40.9 cm³/mol. The van der Waals surface area contributed by atoms with Gasteiger partial charge in [0.2, 0.25) is 0 Å². The summed E-state index contributed by atoms with van der Waals surface area (Å²) in [5.41, 5.74) is 1.42. The molecule has 1 atom stereocenters. The molecule has 1 heteroatoms. The van der Waals surface area contributed by atoms with Crippen LogP contribution in [0.4, 0.5) is 0 Å². The first-order valence-corrected chi connectivity index (χ1v) is 4.82. The molecule has 0 amide bonds. The van der Waals surface area contributed by atoms with Gasteiger partial charge in [-0.15, -0.1) is 0 Å². The topological polar surface area (TPSA) is 0 Å². The fourth-order valence-electron chi connectivity index (χ4n) is 0.853. The van der Waals surface area contributed by atoms with Crippen molar-refractivity contribution in [3.8, 4) is 0 Å². The molecular weight excluding hydrogens is 199 g/mol. The van der Waals surface area contributed by atoms with Gasteiger partial charge in [-0.25, -0.2) is 0 Å². The van der Waals surface area contributed by atoms with Crippen LogP contribution in [0.15, 0.2) is 30.3 Å². The van der Waals surface area contributed by atoms with E-state index in [4.69, 9.17) is 0 Å². The molecule has 0 nitrogen and oxygen atoms in total. The second kappa shape index (κ2) is 3.98. The summed E-state index contributed by atoms with van der Waals surface area (Å²) >= 11 is 1.50. The maximum atomic E-state index is 2.29. The molecule has 0 spiro atoms. The van der Waals surface area contributed by atoms with Crippen LogP contribution >= 0.6 is 0 Å². The van der Waals surface area contributed by atoms with Crippen LogP contribution in [0.1, 0.15) is 18.4 Å². The van der Waals surface area contributed by atoms with Crippen LogP contribution in [0.25, 0.3) is 0 Å². The van der Waals surface area contributed by atoms with Crippen molar-refractivity contribution in [1.82, 2.24) is 0 Å². The van der Waals surface area contributed by atoms with Gasteiger partial charge in [0.1, 0.15) is 0 Å². The summed E-state index contributed by atoms with van der Waals surface area (Å²) < 4.78 is 2.29. The van der Waals surface area contributed by atoms with Crippen molar-refractivity contribution in [3.63, 3.8) is 0 Å². The summed E-state index contributed by atoms with van der Waals surface area (Å²) in [5, 5.41) is 0. The van der Waals surface area contributed by atoms with E-state index in [0.29, 0.717) is 5.92 Å². The normalized spacial score (nSPS) is 12.7. The van der Waals surface area contributed by atoms with Gasteiger partial charge in [-0.1, -0.05) is 0 Å². The summed E-state index contributed by atoms with van der Waals surface area (Å²) in [7, 11) is 0. The molecule has 1 aromatic rings. The van der Waals surface area contributed by atoms with E-state index in [1.807, 2.05) is 0 Å². The Kier molecular flexibility index (Phi) is 3.21. The summed E-state index contributed by atoms with van der Waals surface area (Å²) in [5.74, 6) is 0.624. The maximum absolute atomic E-state index is 2.29. The van der Waals surface area contributed by atoms with E-state index < -0.39 is 0 Å². The molecule has 48 valence electrons. The Labute approximate surface area is 76.6 Å². The third-order valence-corrected chi connectivity index (χ3v) is 2.80. The molecule has 0 bridgehead atoms. The molecule has 0 aliphatic heterocycles. The van der Waals surface area contributed by atoms with Gasteiger partial charge in [0.15, 0.2) is 0 Å². The van der Waals surface area contributed by atoms with E-state index >= 15 is 0 Å². The molecule has 0 fully saturated rings. The third-order valence-electron chi connectivity index (χ3n) is 1.58. The van der Waals surface area contributed by atoms with Crippen molar-refractivity contribution < 1.29 is 24.2 Å². The van der Waals surface area contributed by atoms with Gasteiger partial charge in [-0.05, 0) is 0 Å². The Bertz CT molecular complexity index is 203. The average molecular weight is 209 g/mol.